The van der Waals surface area contributed by atoms with E-state index in [4.69, 9.17) is 10.2 Å². The first-order valence-corrected chi connectivity index (χ1v) is 6.29. The molecule has 7 heteroatoms. The molecule has 1 aliphatic heterocycles. The van der Waals surface area contributed by atoms with Gasteiger partial charge in [-0.1, -0.05) is 12.1 Å². The van der Waals surface area contributed by atoms with Crippen LogP contribution < -0.4 is 5.32 Å². The minimum Gasteiger partial charge on any atom is -0.477 e. The molecule has 2 rings (SSSR count). The van der Waals surface area contributed by atoms with Gasteiger partial charge in [0.05, 0.1) is 17.6 Å². The normalized spacial score (nSPS) is 15.3. The van der Waals surface area contributed by atoms with E-state index >= 15 is 0 Å². The highest BCUT2D eigenvalue weighted by molar-refractivity contribution is 8.00. The molecule has 6 nitrogen and oxygen atoms in total. The van der Waals surface area contributed by atoms with Gasteiger partial charge in [0.2, 0.25) is 0 Å². The third-order valence-corrected chi connectivity index (χ3v) is 3.43. The van der Waals surface area contributed by atoms with E-state index in [1.165, 1.54) is 0 Å². The molecule has 0 aliphatic carbocycles. The second-order valence-electron chi connectivity index (χ2n) is 3.64. The summed E-state index contributed by atoms with van der Waals surface area (Å²) >= 11 is 1.55. The second-order valence-corrected chi connectivity index (χ2v) is 4.66. The van der Waals surface area contributed by atoms with Gasteiger partial charge in [-0.05, 0) is 12.1 Å². The zero-order valence-electron chi connectivity index (χ0n) is 9.66. The molecule has 0 bridgehead atoms. The van der Waals surface area contributed by atoms with Crippen molar-refractivity contribution in [3.8, 4) is 0 Å². The number of aliphatic imine (C=N–C) groups is 1. The van der Waals surface area contributed by atoms with Crippen LogP contribution in [-0.2, 0) is 9.59 Å². The molecule has 0 atom stereocenters. The summed E-state index contributed by atoms with van der Waals surface area (Å²) in [6, 6.07) is 7.61. The van der Waals surface area contributed by atoms with E-state index in [1.54, 1.807) is 11.8 Å². The lowest BCUT2D eigenvalue weighted by molar-refractivity contribution is -0.140. The number of hydrogen-bond acceptors (Lipinski definition) is 4. The van der Waals surface area contributed by atoms with Gasteiger partial charge in [-0.3, -0.25) is 0 Å². The summed E-state index contributed by atoms with van der Waals surface area (Å²) in [5.41, 5.74) is 0.108. The second kappa shape index (κ2) is 5.57. The molecule has 0 saturated carbocycles. The van der Waals surface area contributed by atoms with Crippen molar-refractivity contribution in [2.24, 2.45) is 4.99 Å². The average molecular weight is 278 g/mol. The van der Waals surface area contributed by atoms with E-state index in [0.717, 1.165) is 16.8 Å². The Bertz CT molecular complexity index is 579. The number of benzene rings is 1. The van der Waals surface area contributed by atoms with Crippen molar-refractivity contribution in [2.45, 2.75) is 4.90 Å². The smallest absolute Gasteiger partial charge is 0.344 e. The fraction of sp³-hybridized carbons (Fsp3) is 0.0833. The van der Waals surface area contributed by atoms with Gasteiger partial charge in [0.25, 0.3) is 0 Å². The minimum absolute atomic E-state index is 0.517. The molecular weight excluding hydrogens is 268 g/mol. The van der Waals surface area contributed by atoms with Crippen LogP contribution in [0.15, 0.2) is 45.9 Å². The van der Waals surface area contributed by atoms with E-state index in [9.17, 15) is 9.59 Å². The zero-order chi connectivity index (χ0) is 13.8. The van der Waals surface area contributed by atoms with E-state index in [1.807, 2.05) is 24.3 Å². The van der Waals surface area contributed by atoms with Crippen LogP contribution in [0.5, 0.6) is 0 Å². The highest BCUT2D eigenvalue weighted by atomic mass is 32.2. The van der Waals surface area contributed by atoms with E-state index in [2.05, 4.69) is 10.3 Å². The van der Waals surface area contributed by atoms with Crippen LogP contribution in [0.2, 0.25) is 0 Å². The monoisotopic (exact) mass is 278 g/mol. The minimum atomic E-state index is -1.51. The van der Waals surface area contributed by atoms with Gasteiger partial charge in [-0.25, -0.2) is 14.6 Å². The summed E-state index contributed by atoms with van der Waals surface area (Å²) in [6.45, 7) is 0. The quantitative estimate of drug-likeness (QED) is 0.442. The number of aliphatic carboxylic acids is 2. The molecule has 0 saturated heterocycles. The molecule has 3 N–H and O–H groups in total. The Hall–Kier alpha value is -2.28. The molecule has 19 heavy (non-hydrogen) atoms. The van der Waals surface area contributed by atoms with Crippen molar-refractivity contribution in [1.29, 1.82) is 0 Å². The Morgan fingerprint density at radius 3 is 2.63 bits per heavy atom. The lowest BCUT2D eigenvalue weighted by atomic mass is 10.3. The first kappa shape index (κ1) is 13.2. The molecule has 0 aromatic heterocycles. The number of carboxylic acids is 2. The van der Waals surface area contributed by atoms with Crippen LogP contribution >= 0.6 is 11.8 Å². The Balaban J connectivity index is 2.21. The van der Waals surface area contributed by atoms with Gasteiger partial charge in [0.1, 0.15) is 5.84 Å². The predicted octanol–water partition coefficient (Wildman–Crippen LogP) is 1.66. The number of anilines is 1. The first-order valence-electron chi connectivity index (χ1n) is 5.30. The topological polar surface area (TPSA) is 99.0 Å². The largest absolute Gasteiger partial charge is 0.477 e. The summed E-state index contributed by atoms with van der Waals surface area (Å²) < 4.78 is 0. The summed E-state index contributed by atoms with van der Waals surface area (Å²) in [5, 5.41) is 20.4. The van der Waals surface area contributed by atoms with Gasteiger partial charge in [0.15, 0.2) is 5.57 Å². The van der Waals surface area contributed by atoms with Crippen molar-refractivity contribution in [1.82, 2.24) is 0 Å². The SMILES string of the molecule is O=C(O)C(=CN=C1CSc2ccccc2N1)C(=O)O. The molecule has 0 fully saturated rings. The Morgan fingerprint density at radius 2 is 1.95 bits per heavy atom. The molecule has 1 aromatic rings. The number of nitrogens with zero attached hydrogens (tertiary/aromatic N) is 1. The zero-order valence-corrected chi connectivity index (χ0v) is 10.5. The fourth-order valence-corrected chi connectivity index (χ4v) is 2.34. The van der Waals surface area contributed by atoms with Crippen LogP contribution in [-0.4, -0.2) is 33.7 Å². The first-order chi connectivity index (χ1) is 9.08. The molecular formula is C12H10N2O4S. The third kappa shape index (κ3) is 3.14. The number of carboxylic acid groups (broad SMARTS) is 2. The van der Waals surface area contributed by atoms with Crippen LogP contribution in [0.25, 0.3) is 0 Å². The molecule has 0 amide bonds. The number of amidine groups is 1. The van der Waals surface area contributed by atoms with Gasteiger partial charge >= 0.3 is 11.9 Å². The summed E-state index contributed by atoms with van der Waals surface area (Å²) in [7, 11) is 0. The molecule has 98 valence electrons. The maximum atomic E-state index is 10.7. The average Bonchev–Trinajstić information content (AvgIpc) is 2.38. The number of carbonyl (C=O) groups is 2. The van der Waals surface area contributed by atoms with Crippen LogP contribution in [0.1, 0.15) is 0 Å². The van der Waals surface area contributed by atoms with E-state index in [0.29, 0.717) is 11.6 Å². The molecule has 0 spiro atoms. The Morgan fingerprint density at radius 1 is 1.26 bits per heavy atom. The fourth-order valence-electron chi connectivity index (χ4n) is 1.45. The van der Waals surface area contributed by atoms with Gasteiger partial charge in [-0.2, -0.15) is 0 Å². The highest BCUT2D eigenvalue weighted by Gasteiger charge is 2.17. The summed E-state index contributed by atoms with van der Waals surface area (Å²) in [6.07, 6.45) is 0.849. The highest BCUT2D eigenvalue weighted by Crippen LogP contribution is 2.30. The van der Waals surface area contributed by atoms with Crippen molar-refractivity contribution < 1.29 is 19.8 Å². The maximum absolute atomic E-state index is 10.7. The van der Waals surface area contributed by atoms with Crippen molar-refractivity contribution in [3.63, 3.8) is 0 Å². The Labute approximate surface area is 112 Å². The van der Waals surface area contributed by atoms with Crippen molar-refractivity contribution in [3.05, 3.63) is 36.0 Å². The number of hydrogen-bond donors (Lipinski definition) is 3. The molecule has 0 radical (unpaired) electrons. The molecule has 1 aliphatic rings. The van der Waals surface area contributed by atoms with Gasteiger partial charge < -0.3 is 15.5 Å². The number of para-hydroxylation sites is 1. The van der Waals surface area contributed by atoms with Crippen LogP contribution in [0, 0.1) is 0 Å². The third-order valence-electron chi connectivity index (χ3n) is 2.34. The standard InChI is InChI=1S/C12H10N2O4S/c15-11(16)7(12(17)18)5-13-10-6-19-9-4-2-1-3-8(9)14-10/h1-5H,6H2,(H,13,14)(H,15,16)(H,17,18). The lowest BCUT2D eigenvalue weighted by Gasteiger charge is -2.18. The maximum Gasteiger partial charge on any atom is 0.344 e. The number of nitrogens with one attached hydrogen (secondary N) is 1. The number of rotatable bonds is 3. The van der Waals surface area contributed by atoms with Crippen molar-refractivity contribution >= 4 is 35.2 Å². The van der Waals surface area contributed by atoms with Gasteiger partial charge in [-0.15, -0.1) is 11.8 Å². The van der Waals surface area contributed by atoms with E-state index in [-0.39, 0.29) is 0 Å². The lowest BCUT2D eigenvalue weighted by Crippen LogP contribution is -2.19. The number of thioether (sulfide) groups is 1. The molecule has 1 aromatic carbocycles. The molecule has 1 heterocycles. The van der Waals surface area contributed by atoms with Gasteiger partial charge in [0, 0.05) is 4.90 Å². The summed E-state index contributed by atoms with van der Waals surface area (Å²) in [5.74, 6) is -1.98. The summed E-state index contributed by atoms with van der Waals surface area (Å²) in [4.78, 5) is 26.3. The predicted molar refractivity (Wildman–Crippen MR) is 71.6 cm³/mol. The Kier molecular flexibility index (Phi) is 3.86. The van der Waals surface area contributed by atoms with Crippen LogP contribution in [0.3, 0.4) is 0 Å². The van der Waals surface area contributed by atoms with Crippen molar-refractivity contribution in [2.75, 3.05) is 11.1 Å². The molecule has 0 unspecified atom stereocenters. The van der Waals surface area contributed by atoms with E-state index < -0.39 is 17.5 Å². The van der Waals surface area contributed by atoms with Crippen LogP contribution in [0.4, 0.5) is 5.69 Å². The number of fused-ring (bicyclic) bond motifs is 1.